The number of rotatable bonds is 8. The van der Waals surface area contributed by atoms with Gasteiger partial charge in [-0.3, -0.25) is 20.2 Å². The minimum atomic E-state index is -0.419. The van der Waals surface area contributed by atoms with E-state index in [9.17, 15) is 20.2 Å². The van der Waals surface area contributed by atoms with E-state index in [-0.39, 0.29) is 11.4 Å². The van der Waals surface area contributed by atoms with Gasteiger partial charge < -0.3 is 10.6 Å². The summed E-state index contributed by atoms with van der Waals surface area (Å²) in [5, 5.41) is 27.9. The zero-order valence-electron chi connectivity index (χ0n) is 12.3. The van der Waals surface area contributed by atoms with E-state index in [1.165, 1.54) is 12.1 Å². The third kappa shape index (κ3) is 4.56. The van der Waals surface area contributed by atoms with Crippen molar-refractivity contribution < 1.29 is 9.85 Å². The van der Waals surface area contributed by atoms with Crippen LogP contribution < -0.4 is 10.6 Å². The maximum absolute atomic E-state index is 10.9. The van der Waals surface area contributed by atoms with Crippen LogP contribution in [0.15, 0.2) is 48.5 Å². The van der Waals surface area contributed by atoms with Crippen LogP contribution >= 0.6 is 0 Å². The van der Waals surface area contributed by atoms with E-state index < -0.39 is 9.85 Å². The fourth-order valence-electron chi connectivity index (χ4n) is 2.16. The summed E-state index contributed by atoms with van der Waals surface area (Å²) in [7, 11) is 0. The molecule has 0 spiro atoms. The van der Waals surface area contributed by atoms with E-state index in [1.54, 1.807) is 36.4 Å². The quantitative estimate of drug-likeness (QED) is 0.335. The Bertz CT molecular complexity index is 646. The average molecular weight is 316 g/mol. The summed E-state index contributed by atoms with van der Waals surface area (Å²) in [5.41, 5.74) is 1.31. The predicted molar refractivity (Wildman–Crippen MR) is 84.7 cm³/mol. The van der Waals surface area contributed by atoms with Gasteiger partial charge >= 0.3 is 0 Å². The summed E-state index contributed by atoms with van der Waals surface area (Å²) in [4.78, 5) is 21.0. The Labute approximate surface area is 132 Å². The van der Waals surface area contributed by atoms with Crippen molar-refractivity contribution in [3.8, 4) is 0 Å². The Morgan fingerprint density at radius 3 is 1.52 bits per heavy atom. The lowest BCUT2D eigenvalue weighted by molar-refractivity contribution is -0.385. The Hall–Kier alpha value is -2.84. The fraction of sp³-hybridized carbons (Fsp3) is 0.200. The first kappa shape index (κ1) is 16.5. The molecule has 2 N–H and O–H groups in total. The summed E-state index contributed by atoms with van der Waals surface area (Å²) in [6.07, 6.45) is 0. The highest BCUT2D eigenvalue weighted by Crippen LogP contribution is 2.18. The number of hydrogen-bond acceptors (Lipinski definition) is 6. The van der Waals surface area contributed by atoms with Gasteiger partial charge in [0.25, 0.3) is 11.4 Å². The molecule has 120 valence electrons. The minimum Gasteiger partial charge on any atom is -0.300 e. The normalized spacial score (nSPS) is 10.4. The molecule has 0 aliphatic carbocycles. The van der Waals surface area contributed by atoms with Crippen molar-refractivity contribution in [1.29, 1.82) is 0 Å². The van der Waals surface area contributed by atoms with Gasteiger partial charge in [0.05, 0.1) is 9.85 Å². The molecule has 8 nitrogen and oxygen atoms in total. The highest BCUT2D eigenvalue weighted by atomic mass is 16.6. The van der Waals surface area contributed by atoms with Crippen molar-refractivity contribution >= 4 is 11.4 Å². The van der Waals surface area contributed by atoms with Gasteiger partial charge in [-0.15, -0.1) is 0 Å². The molecular formula is C15H16N4O4. The monoisotopic (exact) mass is 316 g/mol. The first-order valence-corrected chi connectivity index (χ1v) is 6.95. The van der Waals surface area contributed by atoms with Gasteiger partial charge in [0.1, 0.15) is 0 Å². The lowest BCUT2D eigenvalue weighted by Crippen LogP contribution is -2.28. The van der Waals surface area contributed by atoms with Gasteiger partial charge in [-0.2, -0.15) is 0 Å². The second kappa shape index (κ2) is 7.97. The molecule has 0 radical (unpaired) electrons. The van der Waals surface area contributed by atoms with Gasteiger partial charge in [0.2, 0.25) is 0 Å². The van der Waals surface area contributed by atoms with Crippen molar-refractivity contribution in [1.82, 2.24) is 10.6 Å². The number of nitrogens with zero attached hydrogens (tertiary/aromatic N) is 2. The third-order valence-corrected chi connectivity index (χ3v) is 3.26. The van der Waals surface area contributed by atoms with E-state index in [4.69, 9.17) is 0 Å². The summed E-state index contributed by atoms with van der Waals surface area (Å²) < 4.78 is 0. The van der Waals surface area contributed by atoms with Gasteiger partial charge in [-0.25, -0.2) is 0 Å². The van der Waals surface area contributed by atoms with Crippen molar-refractivity contribution in [3.05, 3.63) is 79.9 Å². The molecule has 0 bridgehead atoms. The van der Waals surface area contributed by atoms with Crippen LogP contribution in [0.5, 0.6) is 0 Å². The van der Waals surface area contributed by atoms with Gasteiger partial charge in [-0.1, -0.05) is 36.4 Å². The minimum absolute atomic E-state index is 0.0682. The van der Waals surface area contributed by atoms with E-state index in [0.29, 0.717) is 30.9 Å². The number of nitrogens with one attached hydrogen (secondary N) is 2. The molecule has 2 aromatic carbocycles. The second-order valence-corrected chi connectivity index (χ2v) is 4.80. The van der Waals surface area contributed by atoms with Crippen molar-refractivity contribution in [2.45, 2.75) is 13.1 Å². The van der Waals surface area contributed by atoms with E-state index >= 15 is 0 Å². The largest absolute Gasteiger partial charge is 0.300 e. The summed E-state index contributed by atoms with van der Waals surface area (Å²) in [5.74, 6) is 0. The van der Waals surface area contributed by atoms with Crippen LogP contribution in [0.1, 0.15) is 11.1 Å². The van der Waals surface area contributed by atoms with Crippen LogP contribution in [0.4, 0.5) is 11.4 Å². The molecule has 0 heterocycles. The molecule has 2 rings (SSSR count). The highest BCUT2D eigenvalue weighted by Gasteiger charge is 2.12. The maximum atomic E-state index is 10.9. The first-order valence-electron chi connectivity index (χ1n) is 6.95. The van der Waals surface area contributed by atoms with E-state index in [0.717, 1.165) is 0 Å². The molecule has 0 saturated carbocycles. The molecule has 0 aromatic heterocycles. The molecule has 0 aliphatic heterocycles. The number of para-hydroxylation sites is 2. The van der Waals surface area contributed by atoms with Gasteiger partial charge in [0, 0.05) is 43.0 Å². The molecule has 0 amide bonds. The molecule has 0 saturated heterocycles. The van der Waals surface area contributed by atoms with E-state index in [2.05, 4.69) is 10.6 Å². The summed E-state index contributed by atoms with van der Waals surface area (Å²) in [6.45, 7) is 1.04. The Kier molecular flexibility index (Phi) is 5.73. The van der Waals surface area contributed by atoms with E-state index in [1.807, 2.05) is 0 Å². The van der Waals surface area contributed by atoms with Crippen LogP contribution in [-0.2, 0) is 13.1 Å². The molecule has 0 atom stereocenters. The lowest BCUT2D eigenvalue weighted by Gasteiger charge is -2.08. The van der Waals surface area contributed by atoms with Crippen LogP contribution in [0.3, 0.4) is 0 Å². The topological polar surface area (TPSA) is 110 Å². The molecule has 0 aliphatic rings. The smallest absolute Gasteiger partial charge is 0.273 e. The molecule has 0 unspecified atom stereocenters. The number of nitro groups is 2. The third-order valence-electron chi connectivity index (χ3n) is 3.26. The standard InChI is InChI=1S/C15H16N4O4/c20-18(21)14-7-3-1-5-12(14)9-16-11-17-10-13-6-2-4-8-15(13)19(22)23/h1-8,16-17H,9-11H2. The average Bonchev–Trinajstić information content (AvgIpc) is 2.55. The zero-order valence-corrected chi connectivity index (χ0v) is 12.3. The number of hydrogen-bond donors (Lipinski definition) is 2. The highest BCUT2D eigenvalue weighted by molar-refractivity contribution is 5.40. The van der Waals surface area contributed by atoms with Crippen LogP contribution in [0.2, 0.25) is 0 Å². The number of benzene rings is 2. The van der Waals surface area contributed by atoms with Crippen LogP contribution in [0, 0.1) is 20.2 Å². The van der Waals surface area contributed by atoms with Crippen LogP contribution in [-0.4, -0.2) is 16.5 Å². The van der Waals surface area contributed by atoms with Gasteiger partial charge in [0.15, 0.2) is 0 Å². The molecule has 23 heavy (non-hydrogen) atoms. The van der Waals surface area contributed by atoms with Crippen molar-refractivity contribution in [2.75, 3.05) is 6.67 Å². The van der Waals surface area contributed by atoms with Crippen molar-refractivity contribution in [2.24, 2.45) is 0 Å². The zero-order chi connectivity index (χ0) is 16.7. The maximum Gasteiger partial charge on any atom is 0.273 e. The van der Waals surface area contributed by atoms with Gasteiger partial charge in [-0.05, 0) is 0 Å². The molecule has 2 aromatic rings. The molecular weight excluding hydrogens is 300 g/mol. The summed E-state index contributed by atoms with van der Waals surface area (Å²) in [6, 6.07) is 13.0. The Balaban J connectivity index is 1.83. The number of nitro benzene ring substituents is 2. The Morgan fingerprint density at radius 1 is 0.739 bits per heavy atom. The fourth-order valence-corrected chi connectivity index (χ4v) is 2.16. The lowest BCUT2D eigenvalue weighted by atomic mass is 10.2. The Morgan fingerprint density at radius 2 is 1.13 bits per heavy atom. The second-order valence-electron chi connectivity index (χ2n) is 4.80. The van der Waals surface area contributed by atoms with Crippen molar-refractivity contribution in [3.63, 3.8) is 0 Å². The summed E-state index contributed by atoms with van der Waals surface area (Å²) >= 11 is 0. The molecule has 8 heteroatoms. The first-order chi connectivity index (χ1) is 11.1. The SMILES string of the molecule is O=[N+]([O-])c1ccccc1CNCNCc1ccccc1[N+](=O)[O-]. The van der Waals surface area contributed by atoms with Crippen LogP contribution in [0.25, 0.3) is 0 Å². The predicted octanol–water partition coefficient (Wildman–Crippen LogP) is 2.34. The molecule has 0 fully saturated rings.